The van der Waals surface area contributed by atoms with E-state index in [1.807, 2.05) is 0 Å². The molecule has 2 N–H and O–H groups in total. The van der Waals surface area contributed by atoms with Gasteiger partial charge in [-0.3, -0.25) is 10.1 Å². The van der Waals surface area contributed by atoms with Gasteiger partial charge >= 0.3 is 0 Å². The molecule has 0 fully saturated rings. The van der Waals surface area contributed by atoms with Gasteiger partial charge in [-0.1, -0.05) is 23.9 Å². The van der Waals surface area contributed by atoms with E-state index in [0.717, 1.165) is 11.8 Å². The first-order valence-electron chi connectivity index (χ1n) is 7.17. The Hall–Kier alpha value is -3.05. The number of methoxy groups -OCH3 is 1. The molecular weight excluding hydrogens is 343 g/mol. The van der Waals surface area contributed by atoms with Crippen LogP contribution in [0.3, 0.4) is 0 Å². The van der Waals surface area contributed by atoms with Gasteiger partial charge in [-0.15, -0.1) is 0 Å². The Kier molecular flexibility index (Phi) is 6.80. The summed E-state index contributed by atoms with van der Waals surface area (Å²) in [7, 11) is 1.56. The monoisotopic (exact) mass is 358 g/mol. The average Bonchev–Trinajstić information content (AvgIpc) is 2.62. The number of nitrogens with one attached hydrogen (secondary N) is 2. The molecule has 0 saturated heterocycles. The molecule has 6 nitrogen and oxygen atoms in total. The predicted molar refractivity (Wildman–Crippen MR) is 96.3 cm³/mol. The second-order valence-electron chi connectivity index (χ2n) is 4.67. The van der Waals surface area contributed by atoms with Crippen LogP contribution in [0.25, 0.3) is 0 Å². The van der Waals surface area contributed by atoms with Gasteiger partial charge in [0.05, 0.1) is 12.9 Å². The minimum absolute atomic E-state index is 0.00793. The topological polar surface area (TPSA) is 86.5 Å². The van der Waals surface area contributed by atoms with Crippen molar-refractivity contribution in [1.29, 1.82) is 5.26 Å². The van der Waals surface area contributed by atoms with Gasteiger partial charge in [0.2, 0.25) is 5.91 Å². The Morgan fingerprint density at radius 1 is 1.28 bits per heavy atom. The number of carbonyl (C=O) groups is 1. The number of benzene rings is 2. The molecule has 0 saturated carbocycles. The summed E-state index contributed by atoms with van der Waals surface area (Å²) in [6.45, 7) is 0. The Labute approximate surface area is 148 Å². The summed E-state index contributed by atoms with van der Waals surface area (Å²) in [4.78, 5) is 16.0. The lowest BCUT2D eigenvalue weighted by Crippen LogP contribution is -2.20. The van der Waals surface area contributed by atoms with E-state index in [9.17, 15) is 9.18 Å². The van der Waals surface area contributed by atoms with E-state index in [0.29, 0.717) is 11.4 Å². The third-order valence-corrected chi connectivity index (χ3v) is 3.82. The van der Waals surface area contributed by atoms with Gasteiger partial charge in [-0.2, -0.15) is 5.26 Å². The Bertz CT molecular complexity index is 803. The molecule has 0 aromatic heterocycles. The number of amides is 1. The highest BCUT2D eigenvalue weighted by molar-refractivity contribution is 8.14. The maximum Gasteiger partial charge on any atom is 0.234 e. The SMILES string of the molecule is COc1ccc(NC(=O)CSC(=Nc2ccccc2F)NC#N)cc1. The van der Waals surface area contributed by atoms with Crippen molar-refractivity contribution in [3.63, 3.8) is 0 Å². The van der Waals surface area contributed by atoms with Crippen molar-refractivity contribution in [2.45, 2.75) is 0 Å². The average molecular weight is 358 g/mol. The molecule has 2 aromatic carbocycles. The summed E-state index contributed by atoms with van der Waals surface area (Å²) in [6, 6.07) is 12.8. The molecule has 128 valence electrons. The van der Waals surface area contributed by atoms with Crippen LogP contribution < -0.4 is 15.4 Å². The summed E-state index contributed by atoms with van der Waals surface area (Å²) in [5.74, 6) is -0.0994. The molecule has 0 bridgehead atoms. The van der Waals surface area contributed by atoms with Crippen molar-refractivity contribution in [3.8, 4) is 11.9 Å². The van der Waals surface area contributed by atoms with Crippen LogP contribution in [0.2, 0.25) is 0 Å². The molecule has 1 amide bonds. The van der Waals surface area contributed by atoms with Crippen molar-refractivity contribution < 1.29 is 13.9 Å². The van der Waals surface area contributed by atoms with Gasteiger partial charge in [0.1, 0.15) is 17.3 Å². The third kappa shape index (κ3) is 5.82. The zero-order valence-corrected chi connectivity index (χ0v) is 14.1. The number of hydrogen-bond acceptors (Lipinski definition) is 5. The van der Waals surface area contributed by atoms with E-state index in [2.05, 4.69) is 15.6 Å². The van der Waals surface area contributed by atoms with E-state index < -0.39 is 5.82 Å². The molecule has 0 unspecified atom stereocenters. The first-order chi connectivity index (χ1) is 12.1. The fraction of sp³-hybridized carbons (Fsp3) is 0.118. The Morgan fingerprint density at radius 3 is 2.64 bits per heavy atom. The van der Waals surface area contributed by atoms with Crippen molar-refractivity contribution in [2.24, 2.45) is 4.99 Å². The van der Waals surface area contributed by atoms with Gasteiger partial charge in [0, 0.05) is 5.69 Å². The molecule has 0 atom stereocenters. The lowest BCUT2D eigenvalue weighted by Gasteiger charge is -2.07. The fourth-order valence-corrected chi connectivity index (χ4v) is 2.42. The molecule has 0 radical (unpaired) electrons. The molecule has 8 heteroatoms. The Morgan fingerprint density at radius 2 is 2.00 bits per heavy atom. The molecule has 0 aliphatic carbocycles. The van der Waals surface area contributed by atoms with Crippen molar-refractivity contribution in [1.82, 2.24) is 5.32 Å². The number of halogens is 1. The number of ether oxygens (including phenoxy) is 1. The first kappa shape index (κ1) is 18.3. The second-order valence-corrected chi connectivity index (χ2v) is 5.63. The number of anilines is 1. The number of rotatable bonds is 5. The summed E-state index contributed by atoms with van der Waals surface area (Å²) in [5, 5.41) is 14.0. The van der Waals surface area contributed by atoms with Crippen molar-refractivity contribution in [3.05, 3.63) is 54.3 Å². The number of nitrogens with zero attached hydrogens (tertiary/aromatic N) is 2. The van der Waals surface area contributed by atoms with Crippen molar-refractivity contribution in [2.75, 3.05) is 18.2 Å². The van der Waals surface area contributed by atoms with E-state index >= 15 is 0 Å². The third-order valence-electron chi connectivity index (χ3n) is 2.95. The maximum atomic E-state index is 13.6. The van der Waals surface area contributed by atoms with Crippen LogP contribution in [0.5, 0.6) is 5.75 Å². The molecule has 2 aromatic rings. The quantitative estimate of drug-likeness (QED) is 0.371. The highest BCUT2D eigenvalue weighted by atomic mass is 32.2. The van der Waals surface area contributed by atoms with Crippen LogP contribution in [0, 0.1) is 17.3 Å². The van der Waals surface area contributed by atoms with Crippen LogP contribution in [-0.2, 0) is 4.79 Å². The van der Waals surface area contributed by atoms with E-state index in [4.69, 9.17) is 10.00 Å². The molecule has 25 heavy (non-hydrogen) atoms. The van der Waals surface area contributed by atoms with Gasteiger partial charge in [-0.25, -0.2) is 9.38 Å². The second kappa shape index (κ2) is 9.30. The predicted octanol–water partition coefficient (Wildman–Crippen LogP) is 3.26. The number of amidine groups is 1. The van der Waals surface area contributed by atoms with Gasteiger partial charge in [0.15, 0.2) is 11.4 Å². The highest BCUT2D eigenvalue weighted by Crippen LogP contribution is 2.19. The van der Waals surface area contributed by atoms with E-state index in [-0.39, 0.29) is 22.5 Å². The van der Waals surface area contributed by atoms with E-state index in [1.165, 1.54) is 12.1 Å². The number of carbonyl (C=O) groups excluding carboxylic acids is 1. The van der Waals surface area contributed by atoms with Crippen molar-refractivity contribution >= 4 is 34.2 Å². The van der Waals surface area contributed by atoms with Crippen LogP contribution in [0.4, 0.5) is 15.8 Å². The Balaban J connectivity index is 1.97. The van der Waals surface area contributed by atoms with Gasteiger partial charge < -0.3 is 10.1 Å². The zero-order valence-electron chi connectivity index (χ0n) is 13.3. The zero-order chi connectivity index (χ0) is 18.1. The molecule has 2 rings (SSSR count). The van der Waals surface area contributed by atoms with Crippen LogP contribution in [-0.4, -0.2) is 23.9 Å². The normalized spacial score (nSPS) is 10.7. The summed E-state index contributed by atoms with van der Waals surface area (Å²) >= 11 is 0.998. The van der Waals surface area contributed by atoms with Gasteiger partial charge in [-0.05, 0) is 36.4 Å². The number of para-hydroxylation sites is 1. The van der Waals surface area contributed by atoms with Crippen LogP contribution in [0.1, 0.15) is 0 Å². The van der Waals surface area contributed by atoms with E-state index in [1.54, 1.807) is 49.7 Å². The molecule has 0 aliphatic rings. The van der Waals surface area contributed by atoms with Gasteiger partial charge in [0.25, 0.3) is 0 Å². The largest absolute Gasteiger partial charge is 0.497 e. The molecule has 0 aliphatic heterocycles. The summed E-state index contributed by atoms with van der Waals surface area (Å²) in [6.07, 6.45) is 1.72. The number of thioether (sulfide) groups is 1. The lowest BCUT2D eigenvalue weighted by molar-refractivity contribution is -0.113. The van der Waals surface area contributed by atoms with Crippen LogP contribution in [0.15, 0.2) is 53.5 Å². The number of aliphatic imine (C=N–C) groups is 1. The number of hydrogen-bond donors (Lipinski definition) is 2. The molecular formula is C17H15FN4O2S. The first-order valence-corrected chi connectivity index (χ1v) is 8.16. The summed E-state index contributed by atoms with van der Waals surface area (Å²) < 4.78 is 18.7. The minimum atomic E-state index is -0.511. The lowest BCUT2D eigenvalue weighted by atomic mass is 10.3. The number of nitriles is 1. The fourth-order valence-electron chi connectivity index (χ4n) is 1.80. The molecule has 0 spiro atoms. The molecule has 0 heterocycles. The maximum absolute atomic E-state index is 13.6. The smallest absolute Gasteiger partial charge is 0.234 e. The van der Waals surface area contributed by atoms with Crippen LogP contribution >= 0.6 is 11.8 Å². The summed E-state index contributed by atoms with van der Waals surface area (Å²) in [5.41, 5.74) is 0.704. The standard InChI is InChI=1S/C17H15FN4O2S/c1-24-13-8-6-12(7-9-13)21-16(23)10-25-17(20-11-19)22-15-5-3-2-4-14(15)18/h2-9H,10H2,1H3,(H,20,22)(H,21,23). The minimum Gasteiger partial charge on any atom is -0.497 e. The highest BCUT2D eigenvalue weighted by Gasteiger charge is 2.08.